The molecule has 0 bridgehead atoms. The summed E-state index contributed by atoms with van der Waals surface area (Å²) in [4.78, 5) is 0. The van der Waals surface area contributed by atoms with Crippen molar-refractivity contribution in [2.75, 3.05) is 7.05 Å². The number of rotatable bonds is 0. The molecule has 0 aromatic rings. The predicted octanol–water partition coefficient (Wildman–Crippen LogP) is 3.23. The van der Waals surface area contributed by atoms with E-state index in [1.165, 1.54) is 0 Å². The molecular formula is C12H25NS. The summed E-state index contributed by atoms with van der Waals surface area (Å²) < 4.78 is 2.48. The Morgan fingerprint density at radius 2 is 1.43 bits per heavy atom. The molecule has 6 atom stereocenters. The molecule has 0 N–H and O–H groups in total. The molecule has 0 spiro atoms. The molecule has 6 unspecified atom stereocenters. The maximum atomic E-state index is 4.34. The molecule has 0 radical (unpaired) electrons. The van der Waals surface area contributed by atoms with E-state index in [1.807, 2.05) is 0 Å². The van der Waals surface area contributed by atoms with Crippen LogP contribution in [-0.2, 0) is 0 Å². The zero-order valence-electron chi connectivity index (χ0n) is 10.4. The largest absolute Gasteiger partial charge is 0.256 e. The van der Waals surface area contributed by atoms with E-state index in [2.05, 4.69) is 51.8 Å². The first-order valence-corrected chi connectivity index (χ1v) is 7.05. The Labute approximate surface area is 91.9 Å². The van der Waals surface area contributed by atoms with Gasteiger partial charge in [-0.1, -0.05) is 33.6 Å². The fourth-order valence-electron chi connectivity index (χ4n) is 2.40. The second-order valence-electron chi connectivity index (χ2n) is 4.97. The van der Waals surface area contributed by atoms with Crippen molar-refractivity contribution in [2.24, 2.45) is 17.8 Å². The van der Waals surface area contributed by atoms with Crippen LogP contribution in [-0.4, -0.2) is 28.5 Å². The molecule has 0 aromatic heterocycles. The van der Waals surface area contributed by atoms with Crippen LogP contribution in [0.5, 0.6) is 0 Å². The summed E-state index contributed by atoms with van der Waals surface area (Å²) in [5, 5.41) is 0.724. The van der Waals surface area contributed by atoms with Crippen LogP contribution in [0.4, 0.5) is 0 Å². The standard InChI is InChI=1S/C12H25NS/c1-8-9(2)11(4)13(6)14(7)12(5)10(8)3/h8-12H,7H2,1-6H3. The van der Waals surface area contributed by atoms with Gasteiger partial charge in [0.1, 0.15) is 0 Å². The lowest BCUT2D eigenvalue weighted by Crippen LogP contribution is -2.32. The Hall–Kier alpha value is 0.180. The first-order chi connectivity index (χ1) is 6.37. The topological polar surface area (TPSA) is 3.24 Å². The summed E-state index contributed by atoms with van der Waals surface area (Å²) in [7, 11) is 2.42. The summed E-state index contributed by atoms with van der Waals surface area (Å²) in [5.41, 5.74) is 0. The van der Waals surface area contributed by atoms with Gasteiger partial charge in [0.25, 0.3) is 0 Å². The Kier molecular flexibility index (Phi) is 3.81. The highest BCUT2D eigenvalue weighted by molar-refractivity contribution is 8.12. The highest BCUT2D eigenvalue weighted by Crippen LogP contribution is 2.42. The Morgan fingerprint density at radius 3 is 1.93 bits per heavy atom. The second kappa shape index (κ2) is 4.36. The highest BCUT2D eigenvalue weighted by Gasteiger charge is 2.35. The van der Waals surface area contributed by atoms with Gasteiger partial charge < -0.3 is 0 Å². The fraction of sp³-hybridized carbons (Fsp3) is 0.917. The van der Waals surface area contributed by atoms with Gasteiger partial charge in [0.15, 0.2) is 0 Å². The molecule has 84 valence electrons. The van der Waals surface area contributed by atoms with E-state index >= 15 is 0 Å². The molecule has 1 fully saturated rings. The Morgan fingerprint density at radius 1 is 0.929 bits per heavy atom. The molecule has 1 aliphatic rings. The van der Waals surface area contributed by atoms with E-state index in [4.69, 9.17) is 0 Å². The van der Waals surface area contributed by atoms with Crippen LogP contribution in [0.1, 0.15) is 34.6 Å². The summed E-state index contributed by atoms with van der Waals surface area (Å²) in [6.07, 6.45) is 0. The van der Waals surface area contributed by atoms with Crippen LogP contribution in [0.25, 0.3) is 0 Å². The van der Waals surface area contributed by atoms with Crippen molar-refractivity contribution in [1.29, 1.82) is 0 Å². The third kappa shape index (κ3) is 1.92. The second-order valence-corrected chi connectivity index (χ2v) is 7.09. The fourth-order valence-corrected chi connectivity index (χ4v) is 4.29. The molecule has 1 rings (SSSR count). The van der Waals surface area contributed by atoms with Gasteiger partial charge in [-0.15, -0.1) is 10.7 Å². The van der Waals surface area contributed by atoms with Crippen molar-refractivity contribution in [2.45, 2.75) is 45.9 Å². The third-order valence-corrected chi connectivity index (χ3v) is 6.89. The van der Waals surface area contributed by atoms with Gasteiger partial charge in [0.2, 0.25) is 0 Å². The molecule has 0 aliphatic carbocycles. The van der Waals surface area contributed by atoms with E-state index in [0.29, 0.717) is 6.04 Å². The van der Waals surface area contributed by atoms with Crippen molar-refractivity contribution in [1.82, 2.24) is 4.31 Å². The molecule has 1 aliphatic heterocycles. The quantitative estimate of drug-likeness (QED) is 0.561. The van der Waals surface area contributed by atoms with Crippen molar-refractivity contribution in [3.8, 4) is 0 Å². The molecule has 1 saturated heterocycles. The highest BCUT2D eigenvalue weighted by atomic mass is 32.2. The van der Waals surface area contributed by atoms with E-state index < -0.39 is 0 Å². The minimum Gasteiger partial charge on any atom is -0.256 e. The van der Waals surface area contributed by atoms with Crippen LogP contribution < -0.4 is 0 Å². The zero-order chi connectivity index (χ0) is 11.0. The maximum absolute atomic E-state index is 4.34. The van der Waals surface area contributed by atoms with E-state index in [9.17, 15) is 0 Å². The van der Waals surface area contributed by atoms with Gasteiger partial charge in [-0.2, -0.15) is 0 Å². The van der Waals surface area contributed by atoms with Gasteiger partial charge in [-0.05, 0) is 31.7 Å². The van der Waals surface area contributed by atoms with Crippen LogP contribution in [0.3, 0.4) is 0 Å². The molecule has 14 heavy (non-hydrogen) atoms. The summed E-state index contributed by atoms with van der Waals surface area (Å²) in [6, 6.07) is 0.665. The minimum atomic E-state index is 0.185. The maximum Gasteiger partial charge on any atom is 0.0194 e. The van der Waals surface area contributed by atoms with Gasteiger partial charge in [0.05, 0.1) is 0 Å². The van der Waals surface area contributed by atoms with E-state index in [0.717, 1.165) is 23.0 Å². The van der Waals surface area contributed by atoms with E-state index in [-0.39, 0.29) is 10.7 Å². The third-order valence-electron chi connectivity index (χ3n) is 4.53. The first-order valence-electron chi connectivity index (χ1n) is 5.63. The number of nitrogens with zero attached hydrogens (tertiary/aromatic N) is 1. The first kappa shape index (κ1) is 12.3. The van der Waals surface area contributed by atoms with Crippen LogP contribution in [0.15, 0.2) is 0 Å². The van der Waals surface area contributed by atoms with Crippen molar-refractivity contribution in [3.05, 3.63) is 0 Å². The summed E-state index contributed by atoms with van der Waals surface area (Å²) in [6.45, 7) is 11.9. The smallest absolute Gasteiger partial charge is 0.0194 e. The summed E-state index contributed by atoms with van der Waals surface area (Å²) in [5.74, 6) is 6.71. The monoisotopic (exact) mass is 215 g/mol. The molecular weight excluding hydrogens is 190 g/mol. The normalized spacial score (nSPS) is 51.6. The zero-order valence-corrected chi connectivity index (χ0v) is 11.3. The van der Waals surface area contributed by atoms with Crippen LogP contribution in [0, 0.1) is 17.8 Å². The molecule has 1 heterocycles. The van der Waals surface area contributed by atoms with Crippen molar-refractivity contribution < 1.29 is 0 Å². The molecule has 0 aromatic carbocycles. The lowest BCUT2D eigenvalue weighted by atomic mass is 9.80. The molecule has 0 amide bonds. The number of hydrogen-bond donors (Lipinski definition) is 0. The molecule has 0 saturated carbocycles. The minimum absolute atomic E-state index is 0.185. The molecule has 1 nitrogen and oxygen atoms in total. The van der Waals surface area contributed by atoms with Gasteiger partial charge in [-0.3, -0.25) is 4.31 Å². The number of hydrogen-bond acceptors (Lipinski definition) is 1. The van der Waals surface area contributed by atoms with Gasteiger partial charge in [0, 0.05) is 11.3 Å². The lowest BCUT2D eigenvalue weighted by Gasteiger charge is -2.30. The Bertz CT molecular complexity index is 204. The van der Waals surface area contributed by atoms with Crippen LogP contribution >= 0.6 is 10.7 Å². The van der Waals surface area contributed by atoms with Crippen molar-refractivity contribution in [3.63, 3.8) is 0 Å². The Balaban J connectivity index is 2.98. The van der Waals surface area contributed by atoms with Crippen molar-refractivity contribution >= 4 is 16.5 Å². The molecule has 2 heteroatoms. The average molecular weight is 215 g/mol. The predicted molar refractivity (Wildman–Crippen MR) is 68.9 cm³/mol. The summed E-state index contributed by atoms with van der Waals surface area (Å²) >= 11 is 0. The SMILES string of the molecule is C=S1C(C)C(C)C(C)C(C)C(C)N1C. The van der Waals surface area contributed by atoms with Gasteiger partial charge >= 0.3 is 0 Å². The lowest BCUT2D eigenvalue weighted by molar-refractivity contribution is 0.213. The van der Waals surface area contributed by atoms with Gasteiger partial charge in [-0.25, -0.2) is 0 Å². The average Bonchev–Trinajstić information content (AvgIpc) is 2.23. The van der Waals surface area contributed by atoms with E-state index in [1.54, 1.807) is 0 Å². The van der Waals surface area contributed by atoms with Crippen LogP contribution in [0.2, 0.25) is 0 Å².